The third kappa shape index (κ3) is 74.2. The fourth-order valence-corrected chi connectivity index (χ4v) is 10.9. The highest BCUT2D eigenvalue weighted by Crippen LogP contribution is 2.45. The van der Waals surface area contributed by atoms with Gasteiger partial charge in [-0.25, -0.2) is 9.13 Å². The van der Waals surface area contributed by atoms with Crippen molar-refractivity contribution in [1.29, 1.82) is 0 Å². The molecule has 0 amide bonds. The molecule has 3 N–H and O–H groups in total. The maximum Gasteiger partial charge on any atom is 0.472 e. The number of allylic oxidation sites excluding steroid dienone is 31. The van der Waals surface area contributed by atoms with Crippen molar-refractivity contribution < 1.29 is 80.2 Å². The maximum atomic E-state index is 13.1. The first kappa shape index (κ1) is 97.9. The van der Waals surface area contributed by atoms with Gasteiger partial charge in [-0.3, -0.25) is 37.3 Å². The second kappa shape index (κ2) is 75.1. The number of carbonyl (C=O) groups is 4. The molecule has 0 aliphatic heterocycles. The summed E-state index contributed by atoms with van der Waals surface area (Å²) in [6.07, 6.45) is 91.9. The van der Waals surface area contributed by atoms with Gasteiger partial charge in [0.1, 0.15) is 19.3 Å². The van der Waals surface area contributed by atoms with Crippen LogP contribution >= 0.6 is 15.6 Å². The molecule has 0 spiro atoms. The van der Waals surface area contributed by atoms with Gasteiger partial charge >= 0.3 is 39.5 Å². The van der Waals surface area contributed by atoms with E-state index in [1.165, 1.54) is 51.4 Å². The van der Waals surface area contributed by atoms with Crippen LogP contribution in [0.15, 0.2) is 194 Å². The highest BCUT2D eigenvalue weighted by atomic mass is 31.2. The van der Waals surface area contributed by atoms with E-state index in [0.717, 1.165) is 116 Å². The highest BCUT2D eigenvalue weighted by molar-refractivity contribution is 7.47. The Labute approximate surface area is 627 Å². The van der Waals surface area contributed by atoms with E-state index in [-0.39, 0.29) is 25.7 Å². The summed E-state index contributed by atoms with van der Waals surface area (Å²) in [4.78, 5) is 72.8. The zero-order chi connectivity index (χ0) is 76.0. The van der Waals surface area contributed by atoms with Gasteiger partial charge in [-0.2, -0.15) is 0 Å². The molecule has 19 heteroatoms. The molecule has 0 saturated heterocycles. The van der Waals surface area contributed by atoms with Crippen LogP contribution in [-0.4, -0.2) is 96.7 Å². The van der Waals surface area contributed by atoms with Crippen molar-refractivity contribution in [2.24, 2.45) is 0 Å². The molecule has 0 aromatic heterocycles. The van der Waals surface area contributed by atoms with E-state index >= 15 is 0 Å². The normalized spacial score (nSPS) is 15.0. The van der Waals surface area contributed by atoms with E-state index in [2.05, 4.69) is 167 Å². The smallest absolute Gasteiger partial charge is 0.462 e. The third-order valence-corrected chi connectivity index (χ3v) is 17.0. The van der Waals surface area contributed by atoms with Gasteiger partial charge < -0.3 is 33.8 Å². The summed E-state index contributed by atoms with van der Waals surface area (Å²) < 4.78 is 68.2. The Morgan fingerprint density at radius 1 is 0.288 bits per heavy atom. The molecular weight excluding hydrogens is 1350 g/mol. The summed E-state index contributed by atoms with van der Waals surface area (Å²) in [5.41, 5.74) is 0. The van der Waals surface area contributed by atoms with Crippen molar-refractivity contribution in [2.75, 3.05) is 39.6 Å². The maximum absolute atomic E-state index is 13.1. The van der Waals surface area contributed by atoms with Crippen LogP contribution in [0, 0.1) is 0 Å². The van der Waals surface area contributed by atoms with E-state index in [0.29, 0.717) is 38.5 Å². The number of phosphoric ester groups is 2. The fourth-order valence-electron chi connectivity index (χ4n) is 9.36. The number of ether oxygens (including phenoxy) is 4. The van der Waals surface area contributed by atoms with Crippen LogP contribution in [0.2, 0.25) is 0 Å². The summed E-state index contributed by atoms with van der Waals surface area (Å²) in [6, 6.07) is 0. The van der Waals surface area contributed by atoms with E-state index < -0.39 is 97.5 Å². The quantitative estimate of drug-likeness (QED) is 0.0169. The van der Waals surface area contributed by atoms with Gasteiger partial charge in [0.25, 0.3) is 0 Å². The van der Waals surface area contributed by atoms with Crippen molar-refractivity contribution in [1.82, 2.24) is 0 Å². The molecule has 0 heterocycles. The number of hydrogen-bond acceptors (Lipinski definition) is 15. The number of aliphatic hydroxyl groups excluding tert-OH is 1. The molecule has 104 heavy (non-hydrogen) atoms. The Kier molecular flexibility index (Phi) is 70.7. The predicted molar refractivity (Wildman–Crippen MR) is 426 cm³/mol. The van der Waals surface area contributed by atoms with Crippen molar-refractivity contribution >= 4 is 39.5 Å². The van der Waals surface area contributed by atoms with Crippen molar-refractivity contribution in [3.05, 3.63) is 194 Å². The molecule has 0 fully saturated rings. The minimum Gasteiger partial charge on any atom is -0.462 e. The fraction of sp³-hybridized carbons (Fsp3) is 0.576. The Balaban J connectivity index is 5.54. The number of phosphoric acid groups is 2. The lowest BCUT2D eigenvalue weighted by molar-refractivity contribution is -0.161. The van der Waals surface area contributed by atoms with Crippen LogP contribution in [0.4, 0.5) is 0 Å². The SMILES string of the molecule is CC/C=C\C/C=C\C/C=C\C/C=C\C/C=C\C/C=C\CCC(=O)OCC(COP(=O)(O)OCC(O)COP(=O)(O)OCC(COC(=O)CCC/C=C\C/C=C\C/C=C\C/C=C\C/C=C\CC)OC(=O)C/C=C\C/C=C\C/C=C\C/C=C\C/C=C\CC)OC(=O)CCCCCCCCCCCCCCC. The number of hydrogen-bond donors (Lipinski definition) is 3. The summed E-state index contributed by atoms with van der Waals surface area (Å²) in [6.45, 7) is 4.23. The van der Waals surface area contributed by atoms with Gasteiger partial charge in [0.2, 0.25) is 0 Å². The monoisotopic (exact) mass is 1490 g/mol. The zero-order valence-electron chi connectivity index (χ0n) is 63.9. The Morgan fingerprint density at radius 3 is 0.904 bits per heavy atom. The number of esters is 4. The first-order valence-electron chi connectivity index (χ1n) is 38.7. The standard InChI is InChI=1S/C85H134O17P2/c1-5-9-13-17-21-25-29-33-36-38-39-41-44-47-50-54-58-62-66-70-83(88)95-75-80(101-84(89)71-67-63-59-55-51-45-32-28-24-20-16-12-8-4)77-99-103(91,92)97-73-79(86)74-98-104(93,94)100-78-81(102-85(90)72-68-64-60-56-52-48-42-35-31-27-23-19-15-11-7-3)76-96-82(87)69-65-61-57-53-49-46-43-40-37-34-30-26-22-18-14-10-6-2/h9-11,13-15,21-23,25-27,33-37,39,41-43,46-47,50,52-53,56-58,62,64,68,79-81,86H,5-8,12,16-20,24,28-32,38,40,44-45,48-49,51,54-55,59-61,63,65-67,69-78H2,1-4H3,(H,91,92)(H,93,94)/b13-9-,14-10-,15-11-,25-21-,26-22-,27-23-,36-33-,37-34-,41-39-,42-35-,46-43-,50-47-,56-52-,57-53-,62-58-,68-64-. The second-order valence-corrected chi connectivity index (χ2v) is 27.7. The lowest BCUT2D eigenvalue weighted by atomic mass is 10.0. The number of carbonyl (C=O) groups excluding carboxylic acids is 4. The van der Waals surface area contributed by atoms with Crippen molar-refractivity contribution in [3.63, 3.8) is 0 Å². The van der Waals surface area contributed by atoms with Crippen LogP contribution in [0.3, 0.4) is 0 Å². The summed E-state index contributed by atoms with van der Waals surface area (Å²) in [5.74, 6) is -2.51. The van der Waals surface area contributed by atoms with Gasteiger partial charge in [0.05, 0.1) is 32.8 Å². The number of rotatable bonds is 70. The molecule has 586 valence electrons. The second-order valence-electron chi connectivity index (χ2n) is 24.8. The molecular formula is C85H134O17P2. The van der Waals surface area contributed by atoms with Crippen LogP contribution in [0.5, 0.6) is 0 Å². The van der Waals surface area contributed by atoms with Crippen molar-refractivity contribution in [2.45, 2.75) is 277 Å². The van der Waals surface area contributed by atoms with Crippen LogP contribution in [0.25, 0.3) is 0 Å². The molecule has 5 unspecified atom stereocenters. The average Bonchev–Trinajstić information content (AvgIpc) is 0.939. The molecule has 0 aromatic rings. The molecule has 0 aliphatic carbocycles. The molecule has 0 rings (SSSR count). The molecule has 5 atom stereocenters. The van der Waals surface area contributed by atoms with Gasteiger partial charge in [0.15, 0.2) is 12.2 Å². The van der Waals surface area contributed by atoms with Gasteiger partial charge in [-0.15, -0.1) is 0 Å². The Bertz CT molecular complexity index is 2740. The molecule has 0 aliphatic rings. The van der Waals surface area contributed by atoms with Crippen LogP contribution < -0.4 is 0 Å². The lowest BCUT2D eigenvalue weighted by Gasteiger charge is -2.21. The van der Waals surface area contributed by atoms with Crippen LogP contribution in [-0.2, 0) is 65.4 Å². The predicted octanol–water partition coefficient (Wildman–Crippen LogP) is 22.5. The zero-order valence-corrected chi connectivity index (χ0v) is 65.6. The highest BCUT2D eigenvalue weighted by Gasteiger charge is 2.30. The summed E-state index contributed by atoms with van der Waals surface area (Å²) >= 11 is 0. The molecule has 0 bridgehead atoms. The van der Waals surface area contributed by atoms with E-state index in [1.807, 2.05) is 42.5 Å². The van der Waals surface area contributed by atoms with E-state index in [4.69, 9.17) is 37.0 Å². The lowest BCUT2D eigenvalue weighted by Crippen LogP contribution is -2.30. The van der Waals surface area contributed by atoms with Crippen LogP contribution in [0.1, 0.15) is 259 Å². The van der Waals surface area contributed by atoms with E-state index in [1.54, 1.807) is 12.2 Å². The first-order valence-corrected chi connectivity index (χ1v) is 41.7. The summed E-state index contributed by atoms with van der Waals surface area (Å²) in [7, 11) is -10.0. The Morgan fingerprint density at radius 2 is 0.558 bits per heavy atom. The molecule has 0 aromatic carbocycles. The van der Waals surface area contributed by atoms with Gasteiger partial charge in [0, 0.05) is 19.3 Å². The Hall–Kier alpha value is -6.10. The molecule has 0 saturated carbocycles. The molecule has 17 nitrogen and oxygen atoms in total. The minimum atomic E-state index is -5.03. The molecule has 0 radical (unpaired) electrons. The number of aliphatic hydroxyl groups is 1. The van der Waals surface area contributed by atoms with E-state index in [9.17, 15) is 43.2 Å². The van der Waals surface area contributed by atoms with Gasteiger partial charge in [-0.05, 0) is 128 Å². The van der Waals surface area contributed by atoms with Gasteiger partial charge in [-0.1, -0.05) is 299 Å². The average molecular weight is 1490 g/mol. The largest absolute Gasteiger partial charge is 0.472 e. The number of unbranched alkanes of at least 4 members (excludes halogenated alkanes) is 13. The summed E-state index contributed by atoms with van der Waals surface area (Å²) in [5, 5.41) is 10.6. The topological polar surface area (TPSA) is 237 Å². The third-order valence-electron chi connectivity index (χ3n) is 15.1. The first-order chi connectivity index (χ1) is 50.7. The van der Waals surface area contributed by atoms with Crippen molar-refractivity contribution in [3.8, 4) is 0 Å². The minimum absolute atomic E-state index is 0.0276.